The molecule has 3 nitrogen and oxygen atoms in total. The van der Waals surface area contributed by atoms with Crippen molar-refractivity contribution < 1.29 is 8.91 Å². The second kappa shape index (κ2) is 3.66. The molecule has 0 spiro atoms. The Morgan fingerprint density at radius 1 is 1.38 bits per heavy atom. The minimum absolute atomic E-state index is 0.300. The van der Waals surface area contributed by atoms with E-state index in [1.54, 1.807) is 12.1 Å². The third-order valence-corrected chi connectivity index (χ3v) is 3.16. The minimum atomic E-state index is -0.300. The highest BCUT2D eigenvalue weighted by Crippen LogP contribution is 2.39. The van der Waals surface area contributed by atoms with Crippen LogP contribution in [0.5, 0.6) is 0 Å². The highest BCUT2D eigenvalue weighted by atomic mass is 79.9. The van der Waals surface area contributed by atoms with Crippen molar-refractivity contribution in [3.63, 3.8) is 0 Å². The Morgan fingerprint density at radius 2 is 2.19 bits per heavy atom. The third kappa shape index (κ3) is 1.75. The van der Waals surface area contributed by atoms with Gasteiger partial charge in [0.05, 0.1) is 4.47 Å². The molecule has 5 heteroatoms. The predicted octanol–water partition coefficient (Wildman–Crippen LogP) is 3.52. The number of rotatable bonds is 2. The second-order valence-corrected chi connectivity index (χ2v) is 4.72. The summed E-state index contributed by atoms with van der Waals surface area (Å²) < 4.78 is 18.6. The molecule has 2 aromatic rings. The van der Waals surface area contributed by atoms with Gasteiger partial charge in [0.25, 0.3) is 5.89 Å². The summed E-state index contributed by atoms with van der Waals surface area (Å²) in [5.41, 5.74) is 0.729. The second-order valence-electron chi connectivity index (χ2n) is 3.86. The standard InChI is InChI=1S/C11H8BrFN2O/c12-8-5-7(3-4-9(8)13)11-14-10(15-16-11)6-1-2-6/h3-6H,1-2H2. The molecule has 1 aliphatic carbocycles. The predicted molar refractivity (Wildman–Crippen MR) is 59.4 cm³/mol. The van der Waals surface area contributed by atoms with Crippen LogP contribution in [0.4, 0.5) is 4.39 Å². The van der Waals surface area contributed by atoms with Crippen LogP contribution in [0.1, 0.15) is 24.6 Å². The minimum Gasteiger partial charge on any atom is -0.334 e. The zero-order valence-corrected chi connectivity index (χ0v) is 9.87. The summed E-state index contributed by atoms with van der Waals surface area (Å²) in [5.74, 6) is 1.37. The molecular weight excluding hydrogens is 275 g/mol. The lowest BCUT2D eigenvalue weighted by Gasteiger charge is -1.96. The number of hydrogen-bond donors (Lipinski definition) is 0. The van der Waals surface area contributed by atoms with Crippen LogP contribution in [0.2, 0.25) is 0 Å². The quantitative estimate of drug-likeness (QED) is 0.846. The summed E-state index contributed by atoms with van der Waals surface area (Å²) in [4.78, 5) is 4.29. The first kappa shape index (κ1) is 9.96. The molecular formula is C11H8BrFN2O. The lowest BCUT2D eigenvalue weighted by atomic mass is 10.2. The number of halogens is 2. The van der Waals surface area contributed by atoms with Crippen molar-refractivity contribution >= 4 is 15.9 Å². The smallest absolute Gasteiger partial charge is 0.257 e. The summed E-state index contributed by atoms with van der Waals surface area (Å²) in [5, 5.41) is 3.91. The fourth-order valence-corrected chi connectivity index (χ4v) is 1.87. The monoisotopic (exact) mass is 282 g/mol. The molecule has 0 amide bonds. The van der Waals surface area contributed by atoms with Gasteiger partial charge >= 0.3 is 0 Å². The molecule has 0 bridgehead atoms. The third-order valence-electron chi connectivity index (χ3n) is 2.55. The summed E-state index contributed by atoms with van der Waals surface area (Å²) in [6, 6.07) is 4.64. The van der Waals surface area contributed by atoms with E-state index in [1.165, 1.54) is 6.07 Å². The van der Waals surface area contributed by atoms with Gasteiger partial charge in [0.15, 0.2) is 5.82 Å². The maximum absolute atomic E-state index is 13.0. The normalized spacial score (nSPS) is 15.4. The van der Waals surface area contributed by atoms with Crippen molar-refractivity contribution in [2.75, 3.05) is 0 Å². The average Bonchev–Trinajstić information content (AvgIpc) is 3.01. The Bertz CT molecular complexity index is 537. The van der Waals surface area contributed by atoms with Gasteiger partial charge in [0.2, 0.25) is 0 Å². The lowest BCUT2D eigenvalue weighted by Crippen LogP contribution is -1.83. The Labute approximate surface area is 99.8 Å². The Balaban J connectivity index is 1.97. The van der Waals surface area contributed by atoms with Gasteiger partial charge in [0.1, 0.15) is 5.82 Å². The van der Waals surface area contributed by atoms with Crippen LogP contribution in [0, 0.1) is 5.82 Å². The molecule has 0 aliphatic heterocycles. The van der Waals surface area contributed by atoms with Crippen LogP contribution >= 0.6 is 15.9 Å². The highest BCUT2D eigenvalue weighted by Gasteiger charge is 2.28. The van der Waals surface area contributed by atoms with E-state index in [1.807, 2.05) is 0 Å². The van der Waals surface area contributed by atoms with Crippen LogP contribution in [0.25, 0.3) is 11.5 Å². The van der Waals surface area contributed by atoms with Crippen molar-refractivity contribution in [2.45, 2.75) is 18.8 Å². The average molecular weight is 283 g/mol. The van der Waals surface area contributed by atoms with Crippen LogP contribution in [-0.4, -0.2) is 10.1 Å². The summed E-state index contributed by atoms with van der Waals surface area (Å²) in [6.07, 6.45) is 2.26. The zero-order chi connectivity index (χ0) is 11.1. The molecule has 1 aliphatic rings. The molecule has 82 valence electrons. The number of benzene rings is 1. The van der Waals surface area contributed by atoms with Gasteiger partial charge in [-0.1, -0.05) is 5.16 Å². The molecule has 1 aromatic carbocycles. The number of nitrogens with zero attached hydrogens (tertiary/aromatic N) is 2. The highest BCUT2D eigenvalue weighted by molar-refractivity contribution is 9.10. The number of hydrogen-bond acceptors (Lipinski definition) is 3. The molecule has 0 atom stereocenters. The molecule has 1 aromatic heterocycles. The van der Waals surface area contributed by atoms with Crippen LogP contribution < -0.4 is 0 Å². The molecule has 16 heavy (non-hydrogen) atoms. The van der Waals surface area contributed by atoms with E-state index in [4.69, 9.17) is 4.52 Å². The van der Waals surface area contributed by atoms with Crippen molar-refractivity contribution in [3.05, 3.63) is 34.3 Å². The molecule has 3 rings (SSSR count). The van der Waals surface area contributed by atoms with Crippen molar-refractivity contribution in [1.82, 2.24) is 10.1 Å². The molecule has 0 N–H and O–H groups in total. The molecule has 1 fully saturated rings. The van der Waals surface area contributed by atoms with Gasteiger partial charge in [-0.2, -0.15) is 4.98 Å². The molecule has 0 radical (unpaired) electrons. The van der Waals surface area contributed by atoms with E-state index in [-0.39, 0.29) is 5.82 Å². The first-order valence-corrected chi connectivity index (χ1v) is 5.82. The first-order valence-electron chi connectivity index (χ1n) is 5.03. The van der Waals surface area contributed by atoms with Gasteiger partial charge < -0.3 is 4.52 Å². The Morgan fingerprint density at radius 3 is 2.88 bits per heavy atom. The van der Waals surface area contributed by atoms with E-state index >= 15 is 0 Å². The Kier molecular flexibility index (Phi) is 2.28. The van der Waals surface area contributed by atoms with E-state index in [9.17, 15) is 4.39 Å². The van der Waals surface area contributed by atoms with Crippen LogP contribution in [0.3, 0.4) is 0 Å². The van der Waals surface area contributed by atoms with E-state index in [0.29, 0.717) is 16.3 Å². The maximum Gasteiger partial charge on any atom is 0.257 e. The van der Waals surface area contributed by atoms with Crippen molar-refractivity contribution in [3.8, 4) is 11.5 Å². The van der Waals surface area contributed by atoms with Crippen molar-refractivity contribution in [2.24, 2.45) is 0 Å². The van der Waals surface area contributed by atoms with Gasteiger partial charge in [-0.25, -0.2) is 4.39 Å². The maximum atomic E-state index is 13.0. The zero-order valence-electron chi connectivity index (χ0n) is 8.28. The van der Waals surface area contributed by atoms with Gasteiger partial charge in [-0.05, 0) is 47.0 Å². The Hall–Kier alpha value is -1.23. The lowest BCUT2D eigenvalue weighted by molar-refractivity contribution is 0.422. The summed E-state index contributed by atoms with van der Waals surface area (Å²) >= 11 is 3.13. The fraction of sp³-hybridized carbons (Fsp3) is 0.273. The molecule has 0 saturated heterocycles. The molecule has 0 unspecified atom stereocenters. The molecule has 1 heterocycles. The largest absolute Gasteiger partial charge is 0.334 e. The van der Waals surface area contributed by atoms with Crippen LogP contribution in [0.15, 0.2) is 27.2 Å². The van der Waals surface area contributed by atoms with Gasteiger partial charge in [-0.15, -0.1) is 0 Å². The SMILES string of the molecule is Fc1ccc(-c2nc(C3CC3)no2)cc1Br. The summed E-state index contributed by atoms with van der Waals surface area (Å²) in [6.45, 7) is 0. The summed E-state index contributed by atoms with van der Waals surface area (Å²) in [7, 11) is 0. The van der Waals surface area contributed by atoms with Gasteiger partial charge in [-0.3, -0.25) is 0 Å². The van der Waals surface area contributed by atoms with Crippen LogP contribution in [-0.2, 0) is 0 Å². The van der Waals surface area contributed by atoms with E-state index in [2.05, 4.69) is 26.1 Å². The van der Waals surface area contributed by atoms with E-state index < -0.39 is 0 Å². The van der Waals surface area contributed by atoms with Gasteiger partial charge in [0, 0.05) is 11.5 Å². The fourth-order valence-electron chi connectivity index (χ4n) is 1.49. The first-order chi connectivity index (χ1) is 7.74. The topological polar surface area (TPSA) is 38.9 Å². The number of aromatic nitrogens is 2. The molecule has 1 saturated carbocycles. The van der Waals surface area contributed by atoms with E-state index in [0.717, 1.165) is 24.2 Å². The van der Waals surface area contributed by atoms with Crippen molar-refractivity contribution in [1.29, 1.82) is 0 Å².